The van der Waals surface area contributed by atoms with Gasteiger partial charge in [0.1, 0.15) is 0 Å². The smallest absolute Gasteiger partial charge is 0.186 e. The quantitative estimate of drug-likeness (QED) is 0.693. The van der Waals surface area contributed by atoms with Crippen molar-refractivity contribution < 1.29 is 4.79 Å². The van der Waals surface area contributed by atoms with Gasteiger partial charge in [-0.15, -0.1) is 11.3 Å². The minimum absolute atomic E-state index is 0.0524. The van der Waals surface area contributed by atoms with E-state index >= 15 is 0 Å². The van der Waals surface area contributed by atoms with Crippen LogP contribution in [-0.2, 0) is 0 Å². The van der Waals surface area contributed by atoms with Crippen molar-refractivity contribution in [1.29, 1.82) is 0 Å². The maximum Gasteiger partial charge on any atom is 0.186 e. The zero-order valence-electron chi connectivity index (χ0n) is 5.13. The number of ketones is 1. The highest BCUT2D eigenvalue weighted by Gasteiger charge is 2.04. The van der Waals surface area contributed by atoms with E-state index in [9.17, 15) is 4.79 Å². The molecule has 0 unspecified atom stereocenters. The highest BCUT2D eigenvalue weighted by molar-refractivity contribution is 7.18. The standard InChI is InChI=1S/C6H6ClNOS/c7-6-2-1-5(10-6)4(9)3-8/h1-2H,3,8H2. The van der Waals surface area contributed by atoms with E-state index < -0.39 is 0 Å². The van der Waals surface area contributed by atoms with Crippen LogP contribution in [-0.4, -0.2) is 12.3 Å². The molecule has 0 radical (unpaired) electrons. The number of nitrogens with two attached hydrogens (primary N) is 1. The monoisotopic (exact) mass is 175 g/mol. The fourth-order valence-electron chi connectivity index (χ4n) is 0.565. The number of carbonyl (C=O) groups is 1. The predicted octanol–water partition coefficient (Wildman–Crippen LogP) is 1.54. The number of carbonyl (C=O) groups excluding carboxylic acids is 1. The fraction of sp³-hybridized carbons (Fsp3) is 0.167. The van der Waals surface area contributed by atoms with Gasteiger partial charge in [0.05, 0.1) is 15.8 Å². The summed E-state index contributed by atoms with van der Waals surface area (Å²) in [6.45, 7) is 0.0524. The molecule has 4 heteroatoms. The molecule has 0 aliphatic carbocycles. The van der Waals surface area contributed by atoms with E-state index in [2.05, 4.69) is 0 Å². The molecule has 0 saturated heterocycles. The molecule has 1 aromatic heterocycles. The van der Waals surface area contributed by atoms with Crippen LogP contribution in [0.1, 0.15) is 9.67 Å². The molecular weight excluding hydrogens is 170 g/mol. The number of rotatable bonds is 2. The van der Waals surface area contributed by atoms with Crippen LogP contribution in [0.25, 0.3) is 0 Å². The Labute approximate surface area is 67.6 Å². The van der Waals surface area contributed by atoms with Crippen molar-refractivity contribution in [3.05, 3.63) is 21.3 Å². The van der Waals surface area contributed by atoms with Crippen molar-refractivity contribution in [2.75, 3.05) is 6.54 Å². The highest BCUT2D eigenvalue weighted by atomic mass is 35.5. The van der Waals surface area contributed by atoms with Crippen LogP contribution in [0.4, 0.5) is 0 Å². The van der Waals surface area contributed by atoms with Crippen LogP contribution in [0.5, 0.6) is 0 Å². The van der Waals surface area contributed by atoms with Crippen molar-refractivity contribution in [2.24, 2.45) is 5.73 Å². The van der Waals surface area contributed by atoms with Gasteiger partial charge in [-0.2, -0.15) is 0 Å². The summed E-state index contributed by atoms with van der Waals surface area (Å²) in [6, 6.07) is 3.37. The van der Waals surface area contributed by atoms with Gasteiger partial charge < -0.3 is 5.73 Å². The van der Waals surface area contributed by atoms with Crippen molar-refractivity contribution in [3.63, 3.8) is 0 Å². The summed E-state index contributed by atoms with van der Waals surface area (Å²) >= 11 is 6.84. The average Bonchev–Trinajstić information content (AvgIpc) is 2.34. The predicted molar refractivity (Wildman–Crippen MR) is 42.7 cm³/mol. The van der Waals surface area contributed by atoms with Crippen LogP contribution in [0.2, 0.25) is 4.34 Å². The van der Waals surface area contributed by atoms with Crippen molar-refractivity contribution in [2.45, 2.75) is 0 Å². The molecule has 1 rings (SSSR count). The Morgan fingerprint density at radius 3 is 2.80 bits per heavy atom. The lowest BCUT2D eigenvalue weighted by molar-refractivity contribution is 0.100. The fourth-order valence-corrected chi connectivity index (χ4v) is 1.56. The van der Waals surface area contributed by atoms with Gasteiger partial charge in [0, 0.05) is 0 Å². The van der Waals surface area contributed by atoms with Gasteiger partial charge in [-0.25, -0.2) is 0 Å². The van der Waals surface area contributed by atoms with Gasteiger partial charge in [-0.1, -0.05) is 11.6 Å². The van der Waals surface area contributed by atoms with Gasteiger partial charge in [0.25, 0.3) is 0 Å². The van der Waals surface area contributed by atoms with Crippen molar-refractivity contribution in [3.8, 4) is 0 Å². The van der Waals surface area contributed by atoms with E-state index in [1.54, 1.807) is 12.1 Å². The van der Waals surface area contributed by atoms with E-state index in [4.69, 9.17) is 17.3 Å². The van der Waals surface area contributed by atoms with Crippen LogP contribution in [0, 0.1) is 0 Å². The maximum atomic E-state index is 10.9. The normalized spacial score (nSPS) is 9.80. The third kappa shape index (κ3) is 1.56. The van der Waals surface area contributed by atoms with E-state index in [1.807, 2.05) is 0 Å². The van der Waals surface area contributed by atoms with Crippen LogP contribution < -0.4 is 5.73 Å². The number of Topliss-reactive ketones (excluding diaryl/α,β-unsaturated/α-hetero) is 1. The Kier molecular flexibility index (Phi) is 2.43. The number of halogens is 1. The Bertz CT molecular complexity index is 246. The summed E-state index contributed by atoms with van der Waals surface area (Å²) in [5, 5.41) is 0. The Morgan fingerprint density at radius 1 is 1.70 bits per heavy atom. The van der Waals surface area contributed by atoms with Crippen LogP contribution >= 0.6 is 22.9 Å². The zero-order valence-corrected chi connectivity index (χ0v) is 6.71. The second-order valence-electron chi connectivity index (χ2n) is 1.73. The molecule has 0 saturated carbocycles. The van der Waals surface area contributed by atoms with Crippen molar-refractivity contribution in [1.82, 2.24) is 0 Å². The summed E-state index contributed by atoms with van der Waals surface area (Å²) in [4.78, 5) is 11.5. The van der Waals surface area contributed by atoms with Gasteiger partial charge >= 0.3 is 0 Å². The number of thiophene rings is 1. The SMILES string of the molecule is NCC(=O)c1ccc(Cl)s1. The second-order valence-corrected chi connectivity index (χ2v) is 3.45. The summed E-state index contributed by atoms with van der Waals surface area (Å²) in [5.41, 5.74) is 5.13. The lowest BCUT2D eigenvalue weighted by atomic mass is 10.3. The summed E-state index contributed by atoms with van der Waals surface area (Å²) < 4.78 is 0.622. The largest absolute Gasteiger partial charge is 0.324 e. The van der Waals surface area contributed by atoms with Crippen molar-refractivity contribution >= 4 is 28.7 Å². The maximum absolute atomic E-state index is 10.9. The number of hydrogen-bond acceptors (Lipinski definition) is 3. The number of hydrogen-bond donors (Lipinski definition) is 1. The Hall–Kier alpha value is -0.380. The molecule has 0 atom stereocenters. The topological polar surface area (TPSA) is 43.1 Å². The van der Waals surface area contributed by atoms with E-state index in [0.717, 1.165) is 0 Å². The molecule has 0 fully saturated rings. The summed E-state index contributed by atoms with van der Waals surface area (Å²) in [5.74, 6) is -0.0584. The molecule has 0 bridgehead atoms. The highest BCUT2D eigenvalue weighted by Crippen LogP contribution is 2.21. The molecule has 1 aromatic rings. The van der Waals surface area contributed by atoms with E-state index in [1.165, 1.54) is 11.3 Å². The Balaban J connectivity index is 2.85. The van der Waals surface area contributed by atoms with E-state index in [-0.39, 0.29) is 12.3 Å². The molecule has 0 aliphatic rings. The first-order valence-electron chi connectivity index (χ1n) is 2.72. The third-order valence-corrected chi connectivity index (χ3v) is 2.31. The van der Waals surface area contributed by atoms with Crippen LogP contribution in [0.15, 0.2) is 12.1 Å². The lowest BCUT2D eigenvalue weighted by Gasteiger charge is -1.87. The lowest BCUT2D eigenvalue weighted by Crippen LogP contribution is -2.11. The summed E-state index contributed by atoms with van der Waals surface area (Å²) in [7, 11) is 0. The minimum Gasteiger partial charge on any atom is -0.324 e. The van der Waals surface area contributed by atoms with Gasteiger partial charge in [-0.05, 0) is 12.1 Å². The first-order chi connectivity index (χ1) is 4.74. The molecular formula is C6H6ClNOS. The Morgan fingerprint density at radius 2 is 2.40 bits per heavy atom. The van der Waals surface area contributed by atoms with E-state index in [0.29, 0.717) is 9.21 Å². The molecule has 10 heavy (non-hydrogen) atoms. The second kappa shape index (κ2) is 3.14. The van der Waals surface area contributed by atoms with Gasteiger partial charge in [-0.3, -0.25) is 4.79 Å². The van der Waals surface area contributed by atoms with Gasteiger partial charge in [0.2, 0.25) is 0 Å². The molecule has 0 aliphatic heterocycles. The minimum atomic E-state index is -0.0584. The average molecular weight is 176 g/mol. The summed E-state index contributed by atoms with van der Waals surface area (Å²) in [6.07, 6.45) is 0. The zero-order chi connectivity index (χ0) is 7.56. The van der Waals surface area contributed by atoms with Crippen LogP contribution in [0.3, 0.4) is 0 Å². The molecule has 0 spiro atoms. The third-order valence-electron chi connectivity index (χ3n) is 1.03. The molecule has 0 amide bonds. The first-order valence-corrected chi connectivity index (χ1v) is 3.92. The molecule has 0 aromatic carbocycles. The first kappa shape index (κ1) is 7.72. The van der Waals surface area contributed by atoms with Gasteiger partial charge in [0.15, 0.2) is 5.78 Å². The molecule has 54 valence electrons. The molecule has 1 heterocycles. The molecule has 2 nitrogen and oxygen atoms in total. The molecule has 2 N–H and O–H groups in total.